The van der Waals surface area contributed by atoms with Gasteiger partial charge in [-0.25, -0.2) is 4.57 Å². The van der Waals surface area contributed by atoms with Crippen LogP contribution in [0.1, 0.15) is 55.0 Å². The molecule has 136 valence electrons. The van der Waals surface area contributed by atoms with Gasteiger partial charge < -0.3 is 4.57 Å². The van der Waals surface area contributed by atoms with Crippen LogP contribution in [0.3, 0.4) is 0 Å². The number of alkyl halides is 3. The first kappa shape index (κ1) is 19.2. The quantitative estimate of drug-likeness (QED) is 0.765. The van der Waals surface area contributed by atoms with E-state index in [9.17, 15) is 18.0 Å². The Balaban J connectivity index is 2.41. The second kappa shape index (κ2) is 7.02. The van der Waals surface area contributed by atoms with E-state index in [4.69, 9.17) is 0 Å². The summed E-state index contributed by atoms with van der Waals surface area (Å²) in [6.07, 6.45) is -1.19. The zero-order chi connectivity index (χ0) is 18.9. The Morgan fingerprint density at radius 1 is 1.20 bits per heavy atom. The molecule has 0 bridgehead atoms. The van der Waals surface area contributed by atoms with Crippen LogP contribution < -0.4 is 10.1 Å². The molecule has 1 atom stereocenters. The normalized spacial score (nSPS) is 13.3. The minimum absolute atomic E-state index is 0.168. The van der Waals surface area contributed by atoms with Gasteiger partial charge in [-0.2, -0.15) is 13.2 Å². The molecule has 0 spiro atoms. The Labute approximate surface area is 145 Å². The third-order valence-electron chi connectivity index (χ3n) is 4.37. The molecule has 0 N–H and O–H groups in total. The Kier molecular flexibility index (Phi) is 5.40. The van der Waals surface area contributed by atoms with Crippen molar-refractivity contribution in [2.24, 2.45) is 7.05 Å². The highest BCUT2D eigenvalue weighted by molar-refractivity contribution is 5.24. The second-order valence-electron chi connectivity index (χ2n) is 6.94. The van der Waals surface area contributed by atoms with Crippen molar-refractivity contribution in [1.82, 2.24) is 4.57 Å². The number of aromatic nitrogens is 2. The summed E-state index contributed by atoms with van der Waals surface area (Å²) in [4.78, 5) is 11.8. The van der Waals surface area contributed by atoms with Gasteiger partial charge in [0.1, 0.15) is 5.56 Å². The standard InChI is InChI=1S/C19H24F3N2O/c1-12(2)17-8-13(3)6-7-24(17)10-14(4)15-9-16(19(20,21)22)18(25)23(5)11-15/h6-9,11-12,14H,10H2,1-5H3/q+1. The molecule has 2 rings (SSSR count). The molecule has 1 unspecified atom stereocenters. The van der Waals surface area contributed by atoms with E-state index in [2.05, 4.69) is 24.5 Å². The molecule has 0 aliphatic heterocycles. The van der Waals surface area contributed by atoms with E-state index in [1.807, 2.05) is 26.1 Å². The summed E-state index contributed by atoms with van der Waals surface area (Å²) in [7, 11) is 1.35. The predicted molar refractivity (Wildman–Crippen MR) is 90.6 cm³/mol. The molecule has 6 heteroatoms. The topological polar surface area (TPSA) is 25.9 Å². The number of halogens is 3. The molecule has 0 radical (unpaired) electrons. The molecule has 0 saturated heterocycles. The van der Waals surface area contributed by atoms with Crippen molar-refractivity contribution in [1.29, 1.82) is 0 Å². The smallest absolute Gasteiger partial charge is 0.318 e. The molecular formula is C19H24F3N2O+. The number of nitrogens with zero attached hydrogens (tertiary/aromatic N) is 2. The van der Waals surface area contributed by atoms with Crippen molar-refractivity contribution in [3.63, 3.8) is 0 Å². The molecule has 2 aromatic heterocycles. The third-order valence-corrected chi connectivity index (χ3v) is 4.37. The number of hydrogen-bond donors (Lipinski definition) is 0. The lowest BCUT2D eigenvalue weighted by atomic mass is 9.99. The highest BCUT2D eigenvalue weighted by atomic mass is 19.4. The SMILES string of the molecule is Cc1cc[n+](CC(C)c2cc(C(F)(F)F)c(=O)n(C)c2)c(C(C)C)c1. The summed E-state index contributed by atoms with van der Waals surface area (Å²) >= 11 is 0. The molecule has 0 saturated carbocycles. The summed E-state index contributed by atoms with van der Waals surface area (Å²) in [5.74, 6) is 0.135. The van der Waals surface area contributed by atoms with Gasteiger partial charge in [-0.3, -0.25) is 4.79 Å². The highest BCUT2D eigenvalue weighted by Gasteiger charge is 2.35. The van der Waals surface area contributed by atoms with Gasteiger partial charge in [0.2, 0.25) is 0 Å². The van der Waals surface area contributed by atoms with E-state index >= 15 is 0 Å². The molecule has 0 aliphatic carbocycles. The van der Waals surface area contributed by atoms with Crippen LogP contribution in [0.5, 0.6) is 0 Å². The van der Waals surface area contributed by atoms with Crippen molar-refractivity contribution in [2.75, 3.05) is 0 Å². The van der Waals surface area contributed by atoms with Gasteiger partial charge >= 0.3 is 6.18 Å². The van der Waals surface area contributed by atoms with Crippen molar-refractivity contribution in [2.45, 2.75) is 52.3 Å². The van der Waals surface area contributed by atoms with Gasteiger partial charge in [0.05, 0.1) is 0 Å². The van der Waals surface area contributed by atoms with Gasteiger partial charge in [-0.1, -0.05) is 20.8 Å². The van der Waals surface area contributed by atoms with Gasteiger partial charge in [0.15, 0.2) is 18.4 Å². The number of hydrogen-bond acceptors (Lipinski definition) is 1. The minimum atomic E-state index is -4.65. The van der Waals surface area contributed by atoms with E-state index < -0.39 is 17.3 Å². The highest BCUT2D eigenvalue weighted by Crippen LogP contribution is 2.28. The van der Waals surface area contributed by atoms with Crippen LogP contribution in [-0.2, 0) is 19.8 Å². The summed E-state index contributed by atoms with van der Waals surface area (Å²) in [6.45, 7) is 8.61. The average molecular weight is 353 g/mol. The zero-order valence-electron chi connectivity index (χ0n) is 15.2. The lowest BCUT2D eigenvalue weighted by Crippen LogP contribution is -2.41. The number of aryl methyl sites for hydroxylation is 2. The van der Waals surface area contributed by atoms with E-state index in [0.717, 1.165) is 21.9 Å². The summed E-state index contributed by atoms with van der Waals surface area (Å²) in [6, 6.07) is 5.07. The average Bonchev–Trinajstić information content (AvgIpc) is 2.50. The van der Waals surface area contributed by atoms with E-state index in [1.165, 1.54) is 13.2 Å². The molecule has 0 aromatic carbocycles. The first-order valence-corrected chi connectivity index (χ1v) is 8.28. The van der Waals surface area contributed by atoms with E-state index in [1.54, 1.807) is 0 Å². The Hall–Kier alpha value is -2.11. The maximum absolute atomic E-state index is 13.1. The summed E-state index contributed by atoms with van der Waals surface area (Å²) in [5, 5.41) is 0. The van der Waals surface area contributed by atoms with Crippen molar-refractivity contribution >= 4 is 0 Å². The fraction of sp³-hybridized carbons (Fsp3) is 0.474. The van der Waals surface area contributed by atoms with Gasteiger partial charge in [0, 0.05) is 37.2 Å². The number of pyridine rings is 2. The Bertz CT molecular complexity index is 822. The fourth-order valence-electron chi connectivity index (χ4n) is 2.93. The minimum Gasteiger partial charge on any atom is -0.318 e. The van der Waals surface area contributed by atoms with Crippen LogP contribution in [0.25, 0.3) is 0 Å². The Morgan fingerprint density at radius 2 is 1.84 bits per heavy atom. The lowest BCUT2D eigenvalue weighted by Gasteiger charge is -2.16. The van der Waals surface area contributed by atoms with Gasteiger partial charge in [-0.15, -0.1) is 0 Å². The largest absolute Gasteiger partial charge is 0.421 e. The van der Waals surface area contributed by atoms with Gasteiger partial charge in [-0.05, 0) is 24.1 Å². The van der Waals surface area contributed by atoms with E-state index in [-0.39, 0.29) is 5.92 Å². The molecule has 0 aliphatic rings. The zero-order valence-corrected chi connectivity index (χ0v) is 15.2. The van der Waals surface area contributed by atoms with Crippen molar-refractivity contribution in [3.05, 3.63) is 63.3 Å². The monoisotopic (exact) mass is 353 g/mol. The summed E-state index contributed by atoms with van der Waals surface area (Å²) < 4.78 is 42.4. The van der Waals surface area contributed by atoms with Crippen LogP contribution in [0.4, 0.5) is 13.2 Å². The van der Waals surface area contributed by atoms with Crippen LogP contribution >= 0.6 is 0 Å². The van der Waals surface area contributed by atoms with Crippen LogP contribution in [-0.4, -0.2) is 4.57 Å². The third kappa shape index (κ3) is 4.30. The molecule has 2 heterocycles. The maximum Gasteiger partial charge on any atom is 0.421 e. The first-order chi connectivity index (χ1) is 11.5. The van der Waals surface area contributed by atoms with E-state index in [0.29, 0.717) is 18.0 Å². The fourth-order valence-corrected chi connectivity index (χ4v) is 2.93. The van der Waals surface area contributed by atoms with Gasteiger partial charge in [0.25, 0.3) is 5.56 Å². The van der Waals surface area contributed by atoms with Crippen LogP contribution in [0.15, 0.2) is 35.4 Å². The second-order valence-corrected chi connectivity index (χ2v) is 6.94. The van der Waals surface area contributed by atoms with Crippen molar-refractivity contribution < 1.29 is 17.7 Å². The Morgan fingerprint density at radius 3 is 2.40 bits per heavy atom. The summed E-state index contributed by atoms with van der Waals surface area (Å²) in [5.41, 5.74) is 0.644. The van der Waals surface area contributed by atoms with Crippen LogP contribution in [0.2, 0.25) is 0 Å². The predicted octanol–water partition coefficient (Wildman–Crippen LogP) is 3.93. The molecule has 25 heavy (non-hydrogen) atoms. The number of rotatable bonds is 4. The molecule has 0 fully saturated rings. The molecule has 0 amide bonds. The molecular weight excluding hydrogens is 329 g/mol. The van der Waals surface area contributed by atoms with Crippen LogP contribution in [0, 0.1) is 6.92 Å². The maximum atomic E-state index is 13.1. The molecule has 3 nitrogen and oxygen atoms in total. The first-order valence-electron chi connectivity index (χ1n) is 8.28. The molecule has 2 aromatic rings. The van der Waals surface area contributed by atoms with Crippen molar-refractivity contribution in [3.8, 4) is 0 Å². The lowest BCUT2D eigenvalue weighted by molar-refractivity contribution is -0.707.